The number of aromatic carboxylic acids is 1. The van der Waals surface area contributed by atoms with Gasteiger partial charge in [0.15, 0.2) is 0 Å². The number of carbonyl (C=O) groups is 3. The molecule has 1 saturated heterocycles. The van der Waals surface area contributed by atoms with Crippen LogP contribution in [0.1, 0.15) is 33.8 Å². The number of carboxylic acid groups (broad SMARTS) is 1. The molecule has 1 aromatic heterocycles. The summed E-state index contributed by atoms with van der Waals surface area (Å²) in [4.78, 5) is 35.9. The summed E-state index contributed by atoms with van der Waals surface area (Å²) in [5, 5.41) is 8.77. The van der Waals surface area contributed by atoms with Crippen LogP contribution in [0.25, 0.3) is 0 Å². The largest absolute Gasteiger partial charge is 0.477 e. The highest BCUT2D eigenvalue weighted by atomic mass is 32.1. The van der Waals surface area contributed by atoms with Gasteiger partial charge >= 0.3 is 5.97 Å². The van der Waals surface area contributed by atoms with Gasteiger partial charge < -0.3 is 5.11 Å². The number of piperidine rings is 1. The number of hydrogen-bond acceptors (Lipinski definition) is 4. The van der Waals surface area contributed by atoms with Gasteiger partial charge in [0.1, 0.15) is 4.88 Å². The second-order valence-corrected chi connectivity index (χ2v) is 4.97. The Morgan fingerprint density at radius 2 is 1.94 bits per heavy atom. The number of nitrogens with zero attached hydrogens (tertiary/aromatic N) is 1. The van der Waals surface area contributed by atoms with E-state index in [0.29, 0.717) is 24.1 Å². The van der Waals surface area contributed by atoms with E-state index >= 15 is 0 Å². The number of likely N-dealkylation sites (tertiary alicyclic amines) is 1. The highest BCUT2D eigenvalue weighted by Gasteiger charge is 2.26. The summed E-state index contributed by atoms with van der Waals surface area (Å²) in [6, 6.07) is 3.13. The van der Waals surface area contributed by atoms with E-state index < -0.39 is 5.97 Å². The Morgan fingerprint density at radius 3 is 2.47 bits per heavy atom. The van der Waals surface area contributed by atoms with Crippen LogP contribution in [-0.4, -0.2) is 27.8 Å². The van der Waals surface area contributed by atoms with Gasteiger partial charge in [0.2, 0.25) is 11.8 Å². The van der Waals surface area contributed by atoms with Crippen molar-refractivity contribution in [2.24, 2.45) is 0 Å². The lowest BCUT2D eigenvalue weighted by molar-refractivity contribution is -0.148. The zero-order chi connectivity index (χ0) is 12.4. The maximum absolute atomic E-state index is 11.5. The predicted octanol–water partition coefficient (Wildman–Crippen LogP) is 1.49. The van der Waals surface area contributed by atoms with E-state index in [-0.39, 0.29) is 23.2 Å². The molecule has 0 aromatic carbocycles. The van der Waals surface area contributed by atoms with Crippen LogP contribution in [0.2, 0.25) is 0 Å². The maximum Gasteiger partial charge on any atom is 0.345 e. The topological polar surface area (TPSA) is 74.7 Å². The maximum atomic E-state index is 11.5. The molecule has 17 heavy (non-hydrogen) atoms. The number of imide groups is 1. The van der Waals surface area contributed by atoms with Crippen LogP contribution in [0.5, 0.6) is 0 Å². The summed E-state index contributed by atoms with van der Waals surface area (Å²) in [5.41, 5.74) is 0. The molecule has 1 fully saturated rings. The minimum Gasteiger partial charge on any atom is -0.477 e. The first-order valence-corrected chi connectivity index (χ1v) is 6.05. The Labute approximate surface area is 102 Å². The zero-order valence-electron chi connectivity index (χ0n) is 9.01. The highest BCUT2D eigenvalue weighted by molar-refractivity contribution is 7.13. The molecule has 0 aliphatic carbocycles. The van der Waals surface area contributed by atoms with Crippen LogP contribution in [0, 0.1) is 0 Å². The zero-order valence-corrected chi connectivity index (χ0v) is 9.83. The third-order valence-corrected chi connectivity index (χ3v) is 3.63. The molecule has 2 heterocycles. The van der Waals surface area contributed by atoms with Crippen LogP contribution < -0.4 is 0 Å². The quantitative estimate of drug-likeness (QED) is 0.828. The Hall–Kier alpha value is -1.69. The van der Waals surface area contributed by atoms with E-state index in [4.69, 9.17) is 5.11 Å². The van der Waals surface area contributed by atoms with Gasteiger partial charge in [-0.05, 0) is 18.6 Å². The second-order valence-electron chi connectivity index (χ2n) is 3.80. The van der Waals surface area contributed by atoms with Crippen molar-refractivity contribution in [3.8, 4) is 0 Å². The van der Waals surface area contributed by atoms with Crippen LogP contribution in [0.3, 0.4) is 0 Å². The fourth-order valence-electron chi connectivity index (χ4n) is 1.71. The predicted molar refractivity (Wildman–Crippen MR) is 60.7 cm³/mol. The second kappa shape index (κ2) is 4.67. The molecule has 0 atom stereocenters. The number of amides is 2. The molecule has 0 radical (unpaired) electrons. The van der Waals surface area contributed by atoms with E-state index in [0.717, 1.165) is 11.3 Å². The van der Waals surface area contributed by atoms with Gasteiger partial charge in [0, 0.05) is 17.7 Å². The molecule has 5 nitrogen and oxygen atoms in total. The van der Waals surface area contributed by atoms with Crippen LogP contribution in [0.4, 0.5) is 0 Å². The number of hydrogen-bond donors (Lipinski definition) is 1. The summed E-state index contributed by atoms with van der Waals surface area (Å²) in [6.45, 7) is 0.190. The number of carboxylic acids is 1. The molecule has 6 heteroatoms. The van der Waals surface area contributed by atoms with Gasteiger partial charge in [-0.1, -0.05) is 0 Å². The molecule has 1 aliphatic heterocycles. The van der Waals surface area contributed by atoms with Crippen molar-refractivity contribution in [3.05, 3.63) is 21.9 Å². The number of thiophene rings is 1. The minimum absolute atomic E-state index is 0.175. The van der Waals surface area contributed by atoms with Gasteiger partial charge in [-0.25, -0.2) is 4.79 Å². The lowest BCUT2D eigenvalue weighted by Gasteiger charge is -2.24. The summed E-state index contributed by atoms with van der Waals surface area (Å²) in [6.07, 6.45) is 1.39. The molecule has 1 aromatic rings. The van der Waals surface area contributed by atoms with E-state index in [9.17, 15) is 14.4 Å². The molecule has 2 rings (SSSR count). The van der Waals surface area contributed by atoms with Crippen molar-refractivity contribution in [1.82, 2.24) is 4.90 Å². The Morgan fingerprint density at radius 1 is 1.29 bits per heavy atom. The van der Waals surface area contributed by atoms with Gasteiger partial charge in [-0.2, -0.15) is 0 Å². The summed E-state index contributed by atoms with van der Waals surface area (Å²) in [5.74, 6) is -1.34. The lowest BCUT2D eigenvalue weighted by atomic mass is 10.1. The van der Waals surface area contributed by atoms with Gasteiger partial charge in [-0.3, -0.25) is 14.5 Å². The summed E-state index contributed by atoms with van der Waals surface area (Å²) < 4.78 is 0. The standard InChI is InChI=1S/C11H11NO4S/c13-9-2-1-3-10(14)12(9)6-7-4-5-8(17-7)11(15)16/h4-5H,1-3,6H2,(H,15,16). The van der Waals surface area contributed by atoms with E-state index in [1.165, 1.54) is 11.0 Å². The van der Waals surface area contributed by atoms with E-state index in [2.05, 4.69) is 0 Å². The fraction of sp³-hybridized carbons (Fsp3) is 0.364. The Balaban J connectivity index is 2.11. The minimum atomic E-state index is -0.988. The third kappa shape index (κ3) is 2.52. The van der Waals surface area contributed by atoms with Gasteiger partial charge in [0.05, 0.1) is 6.54 Å². The average Bonchev–Trinajstić information content (AvgIpc) is 2.72. The molecule has 0 bridgehead atoms. The molecular formula is C11H11NO4S. The van der Waals surface area contributed by atoms with Crippen molar-refractivity contribution in [1.29, 1.82) is 0 Å². The first-order valence-electron chi connectivity index (χ1n) is 5.23. The monoisotopic (exact) mass is 253 g/mol. The third-order valence-electron chi connectivity index (χ3n) is 2.57. The SMILES string of the molecule is O=C(O)c1ccc(CN2C(=O)CCCC2=O)s1. The first kappa shape index (κ1) is 11.8. The van der Waals surface area contributed by atoms with Gasteiger partial charge in [0.25, 0.3) is 0 Å². The van der Waals surface area contributed by atoms with Crippen molar-refractivity contribution in [2.45, 2.75) is 25.8 Å². The lowest BCUT2D eigenvalue weighted by Crippen LogP contribution is -2.39. The molecule has 0 unspecified atom stereocenters. The first-order chi connectivity index (χ1) is 8.08. The van der Waals surface area contributed by atoms with Gasteiger partial charge in [-0.15, -0.1) is 11.3 Å². The fourth-order valence-corrected chi connectivity index (χ4v) is 2.55. The number of carbonyl (C=O) groups excluding carboxylic acids is 2. The van der Waals surface area contributed by atoms with Crippen LogP contribution >= 0.6 is 11.3 Å². The van der Waals surface area contributed by atoms with Crippen LogP contribution in [-0.2, 0) is 16.1 Å². The Kier molecular flexibility index (Phi) is 3.23. The van der Waals surface area contributed by atoms with Crippen molar-refractivity contribution in [3.63, 3.8) is 0 Å². The molecular weight excluding hydrogens is 242 g/mol. The molecule has 90 valence electrons. The molecule has 1 N–H and O–H groups in total. The highest BCUT2D eigenvalue weighted by Crippen LogP contribution is 2.21. The normalized spacial score (nSPS) is 16.4. The van der Waals surface area contributed by atoms with E-state index in [1.54, 1.807) is 6.07 Å². The molecule has 1 aliphatic rings. The van der Waals surface area contributed by atoms with E-state index in [1.807, 2.05) is 0 Å². The average molecular weight is 253 g/mol. The number of rotatable bonds is 3. The van der Waals surface area contributed by atoms with Crippen molar-refractivity contribution in [2.75, 3.05) is 0 Å². The smallest absolute Gasteiger partial charge is 0.345 e. The molecule has 0 saturated carbocycles. The van der Waals surface area contributed by atoms with Crippen molar-refractivity contribution < 1.29 is 19.5 Å². The molecule has 0 spiro atoms. The summed E-state index contributed by atoms with van der Waals surface area (Å²) in [7, 11) is 0. The summed E-state index contributed by atoms with van der Waals surface area (Å²) >= 11 is 1.09. The molecule has 2 amide bonds. The van der Waals surface area contributed by atoms with Crippen molar-refractivity contribution >= 4 is 29.1 Å². The Bertz CT molecular complexity index is 464. The van der Waals surface area contributed by atoms with Crippen LogP contribution in [0.15, 0.2) is 12.1 Å².